The molecule has 0 aromatic carbocycles. The highest BCUT2D eigenvalue weighted by molar-refractivity contribution is 7.14. The molecule has 25 heavy (non-hydrogen) atoms. The van der Waals surface area contributed by atoms with Crippen LogP contribution in [0.15, 0.2) is 67.5 Å². The number of aromatic nitrogens is 2. The molecule has 0 bridgehead atoms. The molecular weight excluding hydrogens is 372 g/mol. The molecule has 5 heterocycles. The fourth-order valence-corrected chi connectivity index (χ4v) is 4.39. The van der Waals surface area contributed by atoms with Gasteiger partial charge in [-0.15, -0.1) is 22.7 Å². The quantitative estimate of drug-likeness (QED) is 0.425. The summed E-state index contributed by atoms with van der Waals surface area (Å²) in [5.41, 5.74) is 0.792. The number of rotatable bonds is 2. The summed E-state index contributed by atoms with van der Waals surface area (Å²) in [5.74, 6) is 0. The lowest BCUT2D eigenvalue weighted by Gasteiger charge is -1.98. The van der Waals surface area contributed by atoms with E-state index in [1.54, 1.807) is 34.0 Å². The molecule has 0 amide bonds. The van der Waals surface area contributed by atoms with E-state index < -0.39 is 11.0 Å². The monoisotopic (exact) mass is 382 g/mol. The van der Waals surface area contributed by atoms with Crippen LogP contribution in [0.2, 0.25) is 0 Å². The Morgan fingerprint density at radius 3 is 1.92 bits per heavy atom. The minimum Gasteiger partial charge on any atom is -0.281 e. The Balaban J connectivity index is 0.000000272. The minimum absolute atomic E-state index is 0.182. The van der Waals surface area contributed by atoms with Crippen molar-refractivity contribution in [2.24, 2.45) is 0 Å². The van der Waals surface area contributed by atoms with E-state index in [9.17, 15) is 9.59 Å². The molecule has 122 valence electrons. The van der Waals surface area contributed by atoms with Gasteiger partial charge in [0.2, 0.25) is 0 Å². The second-order valence-corrected chi connectivity index (χ2v) is 7.74. The van der Waals surface area contributed by atoms with Crippen LogP contribution in [0.3, 0.4) is 0 Å². The Labute approximate surface area is 154 Å². The van der Waals surface area contributed by atoms with E-state index in [-0.39, 0.29) is 5.69 Å². The molecule has 0 atom stereocenters. The van der Waals surface area contributed by atoms with Crippen molar-refractivity contribution < 1.29 is 0 Å². The third-order valence-corrected chi connectivity index (χ3v) is 5.88. The molecule has 2 aliphatic heterocycles. The molecule has 0 radical (unpaired) electrons. The largest absolute Gasteiger partial charge is 0.320 e. The van der Waals surface area contributed by atoms with E-state index >= 15 is 0 Å². The van der Waals surface area contributed by atoms with Crippen molar-refractivity contribution in [3.05, 3.63) is 78.5 Å². The summed E-state index contributed by atoms with van der Waals surface area (Å²) < 4.78 is 0. The van der Waals surface area contributed by atoms with Gasteiger partial charge in [0.05, 0.1) is 10.6 Å². The fraction of sp³-hybridized carbons (Fsp3) is 0. The van der Waals surface area contributed by atoms with Crippen LogP contribution in [0.4, 0.5) is 0 Å². The number of hydrogen-bond donors (Lipinski definition) is 0. The highest BCUT2D eigenvalue weighted by atomic mass is 32.1. The van der Waals surface area contributed by atoms with Crippen molar-refractivity contribution in [3.63, 3.8) is 0 Å². The van der Waals surface area contributed by atoms with Gasteiger partial charge in [-0.3, -0.25) is 9.59 Å². The minimum atomic E-state index is -0.724. The maximum atomic E-state index is 11.8. The van der Waals surface area contributed by atoms with Gasteiger partial charge in [0.25, 0.3) is 5.43 Å². The van der Waals surface area contributed by atoms with E-state index in [1.807, 2.05) is 57.9 Å². The average molecular weight is 382 g/mol. The number of hydrogen-bond acceptors (Lipinski definition) is 7. The molecule has 0 N–H and O–H groups in total. The second-order valence-electron chi connectivity index (χ2n) is 5.03. The molecule has 4 nitrogen and oxygen atoms in total. The predicted molar refractivity (Wildman–Crippen MR) is 105 cm³/mol. The summed E-state index contributed by atoms with van der Waals surface area (Å²) in [4.78, 5) is 33.5. The normalized spacial score (nSPS) is 10.7. The summed E-state index contributed by atoms with van der Waals surface area (Å²) in [6.45, 7) is 0. The Morgan fingerprint density at radius 1 is 0.680 bits per heavy atom. The van der Waals surface area contributed by atoms with Gasteiger partial charge in [0, 0.05) is 10.4 Å². The van der Waals surface area contributed by atoms with Crippen LogP contribution in [0.5, 0.6) is 0 Å². The highest BCUT2D eigenvalue weighted by Crippen LogP contribution is 2.42. The fourth-order valence-electron chi connectivity index (χ4n) is 2.44. The van der Waals surface area contributed by atoms with Crippen molar-refractivity contribution in [3.8, 4) is 32.4 Å². The third-order valence-electron chi connectivity index (χ3n) is 3.49. The molecule has 0 unspecified atom stereocenters. The third kappa shape index (κ3) is 2.97. The van der Waals surface area contributed by atoms with Gasteiger partial charge in [-0.2, -0.15) is 11.3 Å². The van der Waals surface area contributed by atoms with Crippen molar-refractivity contribution >= 4 is 34.0 Å². The zero-order valence-corrected chi connectivity index (χ0v) is 15.2. The van der Waals surface area contributed by atoms with Gasteiger partial charge in [0.15, 0.2) is 0 Å². The number of fused-ring (bicyclic) bond motifs is 1. The van der Waals surface area contributed by atoms with Gasteiger partial charge < -0.3 is 0 Å². The Hall–Kier alpha value is -2.48. The van der Waals surface area contributed by atoms with Crippen molar-refractivity contribution in [2.45, 2.75) is 0 Å². The van der Waals surface area contributed by atoms with Gasteiger partial charge in [-0.05, 0) is 33.7 Å². The molecule has 5 rings (SSSR count). The zero-order valence-electron chi connectivity index (χ0n) is 12.7. The summed E-state index contributed by atoms with van der Waals surface area (Å²) >= 11 is 4.81. The summed E-state index contributed by atoms with van der Waals surface area (Å²) in [6.07, 6.45) is 0. The van der Waals surface area contributed by atoms with Gasteiger partial charge in [0.1, 0.15) is 11.4 Å². The predicted octanol–water partition coefficient (Wildman–Crippen LogP) is 4.38. The highest BCUT2D eigenvalue weighted by Gasteiger charge is 2.28. The summed E-state index contributed by atoms with van der Waals surface area (Å²) in [7, 11) is 0. The maximum Gasteiger partial charge on any atom is 0.320 e. The molecule has 7 heteroatoms. The van der Waals surface area contributed by atoms with E-state index in [2.05, 4.69) is 9.97 Å². The first-order valence-corrected chi connectivity index (χ1v) is 10.0. The standard InChI is InChI=1S/C14H6N2O2S2.C4H4S/c17-13-12-11(16-14(13)18)9(7-3-1-5-19-7)10(15-12)8-4-2-6-20-8;1-2-4-5-3-1/h1-6H;1-4H. The molecule has 0 aliphatic carbocycles. The Kier molecular flexibility index (Phi) is 4.35. The molecule has 2 aliphatic rings. The van der Waals surface area contributed by atoms with Crippen LogP contribution >= 0.6 is 34.0 Å². The lowest BCUT2D eigenvalue weighted by atomic mass is 10.1. The summed E-state index contributed by atoms with van der Waals surface area (Å²) in [5, 5.41) is 7.99. The summed E-state index contributed by atoms with van der Waals surface area (Å²) in [6, 6.07) is 11.8. The van der Waals surface area contributed by atoms with Crippen molar-refractivity contribution in [2.75, 3.05) is 0 Å². The SMILES string of the molecule is O=c1nc2c(-c3cccs3)c(-c3cccs3)nc-2c1=O.c1ccsc1. The van der Waals surface area contributed by atoms with Gasteiger partial charge in [-0.1, -0.05) is 24.3 Å². The van der Waals surface area contributed by atoms with E-state index in [0.29, 0.717) is 5.69 Å². The first-order chi connectivity index (χ1) is 12.3. The lowest BCUT2D eigenvalue weighted by molar-refractivity contribution is 1.31. The Morgan fingerprint density at radius 2 is 1.36 bits per heavy atom. The van der Waals surface area contributed by atoms with Gasteiger partial charge >= 0.3 is 5.56 Å². The first kappa shape index (κ1) is 16.0. The number of thiophene rings is 3. The van der Waals surface area contributed by atoms with E-state index in [0.717, 1.165) is 21.0 Å². The molecule has 3 aromatic heterocycles. The van der Waals surface area contributed by atoms with Crippen LogP contribution in [0.1, 0.15) is 0 Å². The first-order valence-electron chi connectivity index (χ1n) is 7.31. The van der Waals surface area contributed by atoms with E-state index in [4.69, 9.17) is 0 Å². The molecule has 3 aromatic rings. The van der Waals surface area contributed by atoms with Gasteiger partial charge in [-0.25, -0.2) is 9.97 Å². The van der Waals surface area contributed by atoms with Crippen molar-refractivity contribution in [1.29, 1.82) is 0 Å². The molecule has 0 saturated carbocycles. The topological polar surface area (TPSA) is 59.9 Å². The molecule has 0 spiro atoms. The maximum absolute atomic E-state index is 11.8. The van der Waals surface area contributed by atoms with Crippen LogP contribution in [0, 0.1) is 0 Å². The van der Waals surface area contributed by atoms with Crippen LogP contribution in [-0.2, 0) is 0 Å². The zero-order chi connectivity index (χ0) is 17.2. The second kappa shape index (κ2) is 6.79. The van der Waals surface area contributed by atoms with Crippen LogP contribution in [-0.4, -0.2) is 9.97 Å². The molecule has 0 saturated heterocycles. The van der Waals surface area contributed by atoms with Crippen LogP contribution < -0.4 is 11.0 Å². The Bertz CT molecular complexity index is 1100. The van der Waals surface area contributed by atoms with Crippen molar-refractivity contribution in [1.82, 2.24) is 9.97 Å². The van der Waals surface area contributed by atoms with E-state index in [1.165, 1.54) is 0 Å². The lowest BCUT2D eigenvalue weighted by Crippen LogP contribution is -2.19. The molecule has 0 fully saturated rings. The number of nitrogens with zero attached hydrogens (tertiary/aromatic N) is 2. The smallest absolute Gasteiger partial charge is 0.281 e. The van der Waals surface area contributed by atoms with Crippen LogP contribution in [0.25, 0.3) is 32.4 Å². The molecular formula is C18H10N2O2S3. The average Bonchev–Trinajstić information content (AvgIpc) is 3.43.